The normalized spacial score (nSPS) is 23.5. The molecule has 3 rings (SSSR count). The molecule has 1 aromatic heterocycles. The lowest BCUT2D eigenvalue weighted by Gasteiger charge is -2.23. The molecule has 2 aliphatic heterocycles. The van der Waals surface area contributed by atoms with Crippen LogP contribution < -0.4 is 0 Å². The third kappa shape index (κ3) is 4.07. The van der Waals surface area contributed by atoms with Gasteiger partial charge in [-0.05, 0) is 73.1 Å². The van der Waals surface area contributed by atoms with Crippen molar-refractivity contribution in [2.75, 3.05) is 32.7 Å². The van der Waals surface area contributed by atoms with E-state index in [0.717, 1.165) is 36.3 Å². The summed E-state index contributed by atoms with van der Waals surface area (Å²) in [7, 11) is 0. The van der Waals surface area contributed by atoms with Crippen LogP contribution in [0.5, 0.6) is 0 Å². The largest absolute Gasteiger partial charge is 0.339 e. The maximum absolute atomic E-state index is 12.6. The fraction of sp³-hybridized carbons (Fsp3) is 0.647. The number of aromatic nitrogens is 1. The highest BCUT2D eigenvalue weighted by molar-refractivity contribution is 9.10. The van der Waals surface area contributed by atoms with Gasteiger partial charge in [0.15, 0.2) is 0 Å². The van der Waals surface area contributed by atoms with Crippen LogP contribution in [-0.4, -0.2) is 53.4 Å². The Morgan fingerprint density at radius 2 is 1.95 bits per heavy atom. The summed E-state index contributed by atoms with van der Waals surface area (Å²) in [6.07, 6.45) is 9.58. The Kier molecular flexibility index (Phi) is 5.47. The Balaban J connectivity index is 1.56. The van der Waals surface area contributed by atoms with Crippen molar-refractivity contribution in [2.45, 2.75) is 32.1 Å². The summed E-state index contributed by atoms with van der Waals surface area (Å²) >= 11 is 3.39. The summed E-state index contributed by atoms with van der Waals surface area (Å²) in [6, 6.07) is 1.86. The summed E-state index contributed by atoms with van der Waals surface area (Å²) in [6.45, 7) is 5.51. The summed E-state index contributed by atoms with van der Waals surface area (Å²) in [5.41, 5.74) is 0.687. The maximum atomic E-state index is 12.6. The van der Waals surface area contributed by atoms with Crippen molar-refractivity contribution < 1.29 is 4.79 Å². The number of pyridine rings is 1. The van der Waals surface area contributed by atoms with Gasteiger partial charge in [-0.25, -0.2) is 0 Å². The van der Waals surface area contributed by atoms with Crippen molar-refractivity contribution in [2.24, 2.45) is 5.92 Å². The smallest absolute Gasteiger partial charge is 0.255 e. The van der Waals surface area contributed by atoms with Crippen molar-refractivity contribution in [3.05, 3.63) is 28.5 Å². The molecule has 0 radical (unpaired) electrons. The van der Waals surface area contributed by atoms with E-state index in [1.54, 1.807) is 12.4 Å². The van der Waals surface area contributed by atoms with E-state index in [1.165, 1.54) is 38.9 Å². The van der Waals surface area contributed by atoms with Crippen molar-refractivity contribution in [3.8, 4) is 0 Å². The topological polar surface area (TPSA) is 36.4 Å². The highest BCUT2D eigenvalue weighted by Gasteiger charge is 2.24. The number of rotatable bonds is 3. The third-order valence-electron chi connectivity index (χ3n) is 4.80. The Morgan fingerprint density at radius 1 is 1.14 bits per heavy atom. The first-order chi connectivity index (χ1) is 10.7. The van der Waals surface area contributed by atoms with Crippen LogP contribution >= 0.6 is 15.9 Å². The van der Waals surface area contributed by atoms with Gasteiger partial charge in [0.05, 0.1) is 5.56 Å². The van der Waals surface area contributed by atoms with E-state index in [0.29, 0.717) is 5.56 Å². The molecule has 0 saturated carbocycles. The highest BCUT2D eigenvalue weighted by Crippen LogP contribution is 2.22. The number of carbonyl (C=O) groups excluding carboxylic acids is 1. The van der Waals surface area contributed by atoms with Gasteiger partial charge in [0.25, 0.3) is 5.91 Å². The first kappa shape index (κ1) is 15.9. The van der Waals surface area contributed by atoms with Crippen LogP contribution in [0.3, 0.4) is 0 Å². The average molecular weight is 366 g/mol. The highest BCUT2D eigenvalue weighted by atomic mass is 79.9. The zero-order chi connectivity index (χ0) is 15.4. The van der Waals surface area contributed by atoms with E-state index in [1.807, 2.05) is 11.0 Å². The van der Waals surface area contributed by atoms with Gasteiger partial charge in [-0.1, -0.05) is 0 Å². The minimum Gasteiger partial charge on any atom is -0.339 e. The van der Waals surface area contributed by atoms with Crippen molar-refractivity contribution in [3.63, 3.8) is 0 Å². The van der Waals surface area contributed by atoms with Crippen molar-refractivity contribution in [1.82, 2.24) is 14.8 Å². The molecule has 2 saturated heterocycles. The van der Waals surface area contributed by atoms with Crippen LogP contribution in [0.1, 0.15) is 42.5 Å². The summed E-state index contributed by atoms with van der Waals surface area (Å²) in [5, 5.41) is 0. The molecular formula is C17H24BrN3O. The second-order valence-corrected chi connectivity index (χ2v) is 7.40. The quantitative estimate of drug-likeness (QED) is 0.825. The molecule has 0 N–H and O–H groups in total. The molecule has 0 aromatic carbocycles. The van der Waals surface area contributed by atoms with Gasteiger partial charge >= 0.3 is 0 Å². The SMILES string of the molecule is O=C(c1cncc(Br)c1)N1CCCC(CN2CCCC2)CC1. The molecule has 1 aromatic rings. The van der Waals surface area contributed by atoms with Crippen molar-refractivity contribution >= 4 is 21.8 Å². The maximum Gasteiger partial charge on any atom is 0.255 e. The summed E-state index contributed by atoms with van der Waals surface area (Å²) in [5.74, 6) is 0.868. The average Bonchev–Trinajstić information content (AvgIpc) is 2.91. The summed E-state index contributed by atoms with van der Waals surface area (Å²) < 4.78 is 0.861. The number of amides is 1. The zero-order valence-electron chi connectivity index (χ0n) is 13.0. The van der Waals surface area contributed by atoms with E-state index >= 15 is 0 Å². The number of hydrogen-bond acceptors (Lipinski definition) is 3. The second-order valence-electron chi connectivity index (χ2n) is 6.49. The first-order valence-corrected chi connectivity index (χ1v) is 9.14. The van der Waals surface area contributed by atoms with Crippen LogP contribution in [0, 0.1) is 5.92 Å². The molecule has 2 aliphatic rings. The fourth-order valence-electron chi connectivity index (χ4n) is 3.59. The lowest BCUT2D eigenvalue weighted by Crippen LogP contribution is -2.32. The van der Waals surface area contributed by atoms with E-state index in [4.69, 9.17) is 0 Å². The van der Waals surface area contributed by atoms with Crippen LogP contribution in [0.25, 0.3) is 0 Å². The predicted octanol–water partition coefficient (Wildman–Crippen LogP) is 3.18. The van der Waals surface area contributed by atoms with Gasteiger partial charge in [0, 0.05) is 36.5 Å². The second kappa shape index (κ2) is 7.55. The van der Waals surface area contributed by atoms with Crippen LogP contribution in [0.2, 0.25) is 0 Å². The Bertz CT molecular complexity index is 516. The molecule has 3 heterocycles. The molecule has 4 nitrogen and oxygen atoms in total. The molecule has 1 amide bonds. The Hall–Kier alpha value is -0.940. The van der Waals surface area contributed by atoms with Crippen LogP contribution in [0.4, 0.5) is 0 Å². The summed E-state index contributed by atoms with van der Waals surface area (Å²) in [4.78, 5) is 21.3. The molecule has 1 atom stereocenters. The Labute approximate surface area is 141 Å². The molecule has 0 spiro atoms. The predicted molar refractivity (Wildman–Crippen MR) is 90.9 cm³/mol. The van der Waals surface area contributed by atoms with E-state index < -0.39 is 0 Å². The fourth-order valence-corrected chi connectivity index (χ4v) is 3.96. The lowest BCUT2D eigenvalue weighted by atomic mass is 10.0. The minimum atomic E-state index is 0.121. The monoisotopic (exact) mass is 365 g/mol. The van der Waals surface area contributed by atoms with Gasteiger partial charge in [0.1, 0.15) is 0 Å². The molecule has 5 heteroatoms. The Morgan fingerprint density at radius 3 is 2.73 bits per heavy atom. The first-order valence-electron chi connectivity index (χ1n) is 8.34. The third-order valence-corrected chi connectivity index (χ3v) is 5.24. The van der Waals surface area contributed by atoms with Gasteiger partial charge < -0.3 is 9.80 Å². The van der Waals surface area contributed by atoms with Crippen LogP contribution in [-0.2, 0) is 0 Å². The minimum absolute atomic E-state index is 0.121. The molecule has 22 heavy (non-hydrogen) atoms. The van der Waals surface area contributed by atoms with Crippen LogP contribution in [0.15, 0.2) is 22.9 Å². The van der Waals surface area contributed by atoms with Gasteiger partial charge in [0.2, 0.25) is 0 Å². The number of nitrogens with zero attached hydrogens (tertiary/aromatic N) is 3. The number of carbonyl (C=O) groups is 1. The number of halogens is 1. The van der Waals surface area contributed by atoms with E-state index in [2.05, 4.69) is 25.8 Å². The standard InChI is InChI=1S/C17H24BrN3O/c18-16-10-15(11-19-12-16)17(22)21-8-3-4-14(5-9-21)13-20-6-1-2-7-20/h10-12,14H,1-9,13H2. The van der Waals surface area contributed by atoms with E-state index in [9.17, 15) is 4.79 Å². The zero-order valence-corrected chi connectivity index (χ0v) is 14.6. The number of hydrogen-bond donors (Lipinski definition) is 0. The van der Waals surface area contributed by atoms with Crippen molar-refractivity contribution in [1.29, 1.82) is 0 Å². The molecule has 1 unspecified atom stereocenters. The van der Waals surface area contributed by atoms with E-state index in [-0.39, 0.29) is 5.91 Å². The molecule has 0 bridgehead atoms. The van der Waals surface area contributed by atoms with Gasteiger partial charge in [-0.3, -0.25) is 9.78 Å². The molecule has 120 valence electrons. The molecule has 0 aliphatic carbocycles. The molecular weight excluding hydrogens is 342 g/mol. The molecule has 2 fully saturated rings. The van der Waals surface area contributed by atoms with Gasteiger partial charge in [-0.2, -0.15) is 0 Å². The number of likely N-dealkylation sites (tertiary alicyclic amines) is 2. The lowest BCUT2D eigenvalue weighted by molar-refractivity contribution is 0.0758. The van der Waals surface area contributed by atoms with Gasteiger partial charge in [-0.15, -0.1) is 0 Å².